The van der Waals surface area contributed by atoms with Crippen LogP contribution in [0.3, 0.4) is 0 Å². The van der Waals surface area contributed by atoms with Gasteiger partial charge in [0.1, 0.15) is 0 Å². The average Bonchev–Trinajstić information content (AvgIpc) is 2.48. The summed E-state index contributed by atoms with van der Waals surface area (Å²) in [6.45, 7) is 2.01. The molecule has 4 heteroatoms. The van der Waals surface area contributed by atoms with Gasteiger partial charge in [-0.25, -0.2) is 4.98 Å². The highest BCUT2D eigenvalue weighted by Crippen LogP contribution is 2.27. The van der Waals surface area contributed by atoms with E-state index in [2.05, 4.69) is 9.97 Å². The van der Waals surface area contributed by atoms with E-state index in [-0.39, 0.29) is 5.88 Å². The van der Waals surface area contributed by atoms with E-state index >= 15 is 0 Å². The normalized spacial score (nSPS) is 10.6. The van der Waals surface area contributed by atoms with Crippen LogP contribution in [0.25, 0.3) is 22.6 Å². The molecule has 0 bridgehead atoms. The molecule has 3 aromatic rings. The molecule has 1 N–H and O–H groups in total. The maximum Gasteiger partial charge on any atom is 0.214 e. The number of hydrogen-bond acceptors (Lipinski definition) is 3. The van der Waals surface area contributed by atoms with Crippen LogP contribution >= 0.6 is 11.6 Å². The smallest absolute Gasteiger partial charge is 0.214 e. The second kappa shape index (κ2) is 5.54. The Morgan fingerprint density at radius 2 is 1.67 bits per heavy atom. The Balaban J connectivity index is 2.13. The van der Waals surface area contributed by atoms with Crippen molar-refractivity contribution in [3.63, 3.8) is 0 Å². The molecular weight excluding hydrogens is 284 g/mol. The second-order valence-corrected chi connectivity index (χ2v) is 5.19. The highest BCUT2D eigenvalue weighted by molar-refractivity contribution is 6.30. The second-order valence-electron chi connectivity index (χ2n) is 4.76. The third-order valence-electron chi connectivity index (χ3n) is 3.24. The topological polar surface area (TPSA) is 46.0 Å². The molecular formula is C17H13ClN2O. The van der Waals surface area contributed by atoms with Gasteiger partial charge in [0.15, 0.2) is 5.82 Å². The zero-order valence-corrected chi connectivity index (χ0v) is 12.2. The summed E-state index contributed by atoms with van der Waals surface area (Å²) in [5, 5.41) is 10.5. The van der Waals surface area contributed by atoms with Crippen LogP contribution in [0.4, 0.5) is 0 Å². The monoisotopic (exact) mass is 296 g/mol. The van der Waals surface area contributed by atoms with Gasteiger partial charge in [0.2, 0.25) is 5.88 Å². The lowest BCUT2D eigenvalue weighted by Gasteiger charge is -2.08. The van der Waals surface area contributed by atoms with Crippen LogP contribution < -0.4 is 0 Å². The molecule has 104 valence electrons. The maximum absolute atomic E-state index is 9.88. The molecule has 21 heavy (non-hydrogen) atoms. The van der Waals surface area contributed by atoms with Crippen molar-refractivity contribution in [3.8, 4) is 28.5 Å². The van der Waals surface area contributed by atoms with E-state index < -0.39 is 0 Å². The number of aromatic hydroxyl groups is 1. The van der Waals surface area contributed by atoms with Gasteiger partial charge in [-0.3, -0.25) is 0 Å². The van der Waals surface area contributed by atoms with E-state index in [4.69, 9.17) is 11.6 Å². The Morgan fingerprint density at radius 1 is 0.952 bits per heavy atom. The predicted octanol–water partition coefficient (Wildman–Crippen LogP) is 4.48. The summed E-state index contributed by atoms with van der Waals surface area (Å²) in [6, 6.07) is 16.7. The fourth-order valence-corrected chi connectivity index (χ4v) is 2.29. The molecule has 0 atom stereocenters. The Kier molecular flexibility index (Phi) is 3.59. The van der Waals surface area contributed by atoms with Gasteiger partial charge in [-0.2, -0.15) is 4.98 Å². The number of halogens is 1. The maximum atomic E-state index is 9.88. The summed E-state index contributed by atoms with van der Waals surface area (Å²) >= 11 is 5.89. The van der Waals surface area contributed by atoms with Gasteiger partial charge in [-0.1, -0.05) is 35.9 Å². The molecule has 0 amide bonds. The highest BCUT2D eigenvalue weighted by Gasteiger charge is 2.09. The number of nitrogens with zero attached hydrogens (tertiary/aromatic N) is 2. The van der Waals surface area contributed by atoms with Crippen LogP contribution in [-0.4, -0.2) is 15.1 Å². The quantitative estimate of drug-likeness (QED) is 0.758. The number of hydrogen-bond donors (Lipinski definition) is 1. The largest absolute Gasteiger partial charge is 0.493 e. The molecule has 0 aliphatic carbocycles. The Hall–Kier alpha value is -2.39. The molecule has 0 unspecified atom stereocenters. The van der Waals surface area contributed by atoms with Gasteiger partial charge in [-0.05, 0) is 36.8 Å². The third kappa shape index (κ3) is 2.88. The van der Waals surface area contributed by atoms with Crippen molar-refractivity contribution in [1.82, 2.24) is 9.97 Å². The minimum atomic E-state index is -0.0480. The molecule has 3 rings (SSSR count). The first kappa shape index (κ1) is 13.6. The number of aromatic nitrogens is 2. The number of rotatable bonds is 2. The first-order valence-corrected chi connectivity index (χ1v) is 6.91. The van der Waals surface area contributed by atoms with Crippen LogP contribution in [0.15, 0.2) is 54.6 Å². The molecule has 3 nitrogen and oxygen atoms in total. The first-order chi connectivity index (χ1) is 10.1. The molecule has 0 fully saturated rings. The van der Waals surface area contributed by atoms with E-state index in [1.165, 1.54) is 0 Å². The molecule has 0 saturated carbocycles. The van der Waals surface area contributed by atoms with E-state index in [9.17, 15) is 5.11 Å². The molecule has 0 spiro atoms. The van der Waals surface area contributed by atoms with Gasteiger partial charge < -0.3 is 5.11 Å². The fourth-order valence-electron chi connectivity index (χ4n) is 2.16. The zero-order chi connectivity index (χ0) is 14.8. The van der Waals surface area contributed by atoms with Gasteiger partial charge in [-0.15, -0.1) is 0 Å². The van der Waals surface area contributed by atoms with Crippen molar-refractivity contribution in [2.75, 3.05) is 0 Å². The van der Waals surface area contributed by atoms with Gasteiger partial charge in [0.05, 0.1) is 5.69 Å². The van der Waals surface area contributed by atoms with Crippen molar-refractivity contribution in [2.45, 2.75) is 6.92 Å². The van der Waals surface area contributed by atoms with Crippen LogP contribution in [-0.2, 0) is 0 Å². The molecule has 1 heterocycles. The minimum Gasteiger partial charge on any atom is -0.493 e. The molecule has 0 aliphatic rings. The van der Waals surface area contributed by atoms with E-state index in [1.807, 2.05) is 43.3 Å². The van der Waals surface area contributed by atoms with Crippen LogP contribution in [0.2, 0.25) is 5.02 Å². The third-order valence-corrected chi connectivity index (χ3v) is 3.49. The lowest BCUT2D eigenvalue weighted by molar-refractivity contribution is 0.453. The van der Waals surface area contributed by atoms with Crippen molar-refractivity contribution >= 4 is 11.6 Å². The predicted molar refractivity (Wildman–Crippen MR) is 84.3 cm³/mol. The van der Waals surface area contributed by atoms with E-state index in [0.29, 0.717) is 16.5 Å². The van der Waals surface area contributed by atoms with Crippen LogP contribution in [0, 0.1) is 6.92 Å². The molecule has 0 radical (unpaired) electrons. The Morgan fingerprint density at radius 3 is 2.38 bits per heavy atom. The summed E-state index contributed by atoms with van der Waals surface area (Å²) in [7, 11) is 0. The highest BCUT2D eigenvalue weighted by atomic mass is 35.5. The lowest BCUT2D eigenvalue weighted by Crippen LogP contribution is -1.93. The molecule has 0 aliphatic heterocycles. The minimum absolute atomic E-state index is 0.0480. The van der Waals surface area contributed by atoms with E-state index in [0.717, 1.165) is 16.7 Å². The van der Waals surface area contributed by atoms with Crippen molar-refractivity contribution in [2.24, 2.45) is 0 Å². The van der Waals surface area contributed by atoms with E-state index in [1.54, 1.807) is 18.2 Å². The van der Waals surface area contributed by atoms with Crippen molar-refractivity contribution in [1.29, 1.82) is 0 Å². The standard InChI is InChI=1S/C17H13ClN2O/c1-11-4-2-3-5-14(11)15-10-16(21)20-17(19-15)12-6-8-13(18)9-7-12/h2-10H,1H3,(H,19,20,21). The summed E-state index contributed by atoms with van der Waals surface area (Å²) in [6.07, 6.45) is 0. The number of benzene rings is 2. The number of aryl methyl sites for hydroxylation is 1. The zero-order valence-electron chi connectivity index (χ0n) is 11.4. The summed E-state index contributed by atoms with van der Waals surface area (Å²) < 4.78 is 0. The average molecular weight is 297 g/mol. The Bertz CT molecular complexity index is 785. The SMILES string of the molecule is Cc1ccccc1-c1cc(O)nc(-c2ccc(Cl)cc2)n1. The first-order valence-electron chi connectivity index (χ1n) is 6.53. The van der Waals surface area contributed by atoms with Gasteiger partial charge >= 0.3 is 0 Å². The van der Waals surface area contributed by atoms with Gasteiger partial charge in [0, 0.05) is 22.2 Å². The van der Waals surface area contributed by atoms with Crippen molar-refractivity contribution < 1.29 is 5.11 Å². The molecule has 1 aromatic heterocycles. The fraction of sp³-hybridized carbons (Fsp3) is 0.0588. The lowest BCUT2D eigenvalue weighted by atomic mass is 10.1. The molecule has 2 aromatic carbocycles. The van der Waals surface area contributed by atoms with Gasteiger partial charge in [0.25, 0.3) is 0 Å². The van der Waals surface area contributed by atoms with Crippen molar-refractivity contribution in [3.05, 3.63) is 65.2 Å². The Labute approximate surface area is 127 Å². The van der Waals surface area contributed by atoms with Crippen LogP contribution in [0.1, 0.15) is 5.56 Å². The van der Waals surface area contributed by atoms with Crippen LogP contribution in [0.5, 0.6) is 5.88 Å². The summed E-state index contributed by atoms with van der Waals surface area (Å²) in [5.74, 6) is 0.429. The summed E-state index contributed by atoms with van der Waals surface area (Å²) in [5.41, 5.74) is 3.58. The summed E-state index contributed by atoms with van der Waals surface area (Å²) in [4.78, 5) is 8.64. The molecule has 0 saturated heterocycles.